The Kier molecular flexibility index (Phi) is 6.31. The SMILES string of the molecule is C1=Cc2cc(N(c3cccc(-c4ccccc4)c3)c3ccccc3-c3cccc4oc5cc6ccccc6cc5c34)ccc2CC1. The van der Waals surface area contributed by atoms with E-state index < -0.39 is 0 Å². The normalized spacial score (nSPS) is 12.5. The Hall–Kier alpha value is -5.86. The highest BCUT2D eigenvalue weighted by molar-refractivity contribution is 6.16. The van der Waals surface area contributed by atoms with Crippen molar-refractivity contribution in [3.8, 4) is 22.3 Å². The summed E-state index contributed by atoms with van der Waals surface area (Å²) in [7, 11) is 0. The molecule has 0 radical (unpaired) electrons. The molecule has 2 nitrogen and oxygen atoms in total. The second kappa shape index (κ2) is 10.9. The largest absolute Gasteiger partial charge is 0.456 e. The summed E-state index contributed by atoms with van der Waals surface area (Å²) in [5.74, 6) is 0. The molecule has 1 heterocycles. The van der Waals surface area contributed by atoms with E-state index in [-0.39, 0.29) is 0 Å². The Labute approximate surface area is 268 Å². The number of fused-ring (bicyclic) bond motifs is 5. The minimum atomic E-state index is 0.897. The lowest BCUT2D eigenvalue weighted by molar-refractivity contribution is 0.669. The number of hydrogen-bond acceptors (Lipinski definition) is 2. The molecule has 0 saturated carbocycles. The van der Waals surface area contributed by atoms with E-state index in [1.165, 1.54) is 33.0 Å². The summed E-state index contributed by atoms with van der Waals surface area (Å²) in [6.45, 7) is 0. The lowest BCUT2D eigenvalue weighted by Crippen LogP contribution is -2.12. The van der Waals surface area contributed by atoms with Crippen LogP contribution < -0.4 is 4.90 Å². The second-order valence-electron chi connectivity index (χ2n) is 12.1. The van der Waals surface area contributed by atoms with Gasteiger partial charge in [-0.15, -0.1) is 0 Å². The van der Waals surface area contributed by atoms with Crippen molar-refractivity contribution in [2.75, 3.05) is 4.90 Å². The summed E-state index contributed by atoms with van der Waals surface area (Å²) in [5, 5.41) is 4.67. The first-order valence-electron chi connectivity index (χ1n) is 16.0. The van der Waals surface area contributed by atoms with Gasteiger partial charge in [-0.05, 0) is 100.0 Å². The summed E-state index contributed by atoms with van der Waals surface area (Å²) in [6, 6.07) is 54.6. The quantitative estimate of drug-likeness (QED) is 0.199. The van der Waals surface area contributed by atoms with Gasteiger partial charge in [-0.1, -0.05) is 115 Å². The molecule has 0 aliphatic heterocycles. The predicted molar refractivity (Wildman–Crippen MR) is 194 cm³/mol. The Bertz CT molecular complexity index is 2430. The molecule has 0 spiro atoms. The first-order valence-corrected chi connectivity index (χ1v) is 16.0. The third-order valence-corrected chi connectivity index (χ3v) is 9.28. The van der Waals surface area contributed by atoms with Crippen LogP contribution in [0.2, 0.25) is 0 Å². The number of rotatable bonds is 5. The third-order valence-electron chi connectivity index (χ3n) is 9.28. The van der Waals surface area contributed by atoms with Crippen LogP contribution in [0, 0.1) is 0 Å². The van der Waals surface area contributed by atoms with E-state index in [1.807, 2.05) is 0 Å². The van der Waals surface area contributed by atoms with E-state index in [9.17, 15) is 0 Å². The average molecular weight is 590 g/mol. The highest BCUT2D eigenvalue weighted by atomic mass is 16.3. The summed E-state index contributed by atoms with van der Waals surface area (Å²) in [6.07, 6.45) is 6.73. The number of allylic oxidation sites excluding steroid dienone is 1. The molecule has 1 aliphatic rings. The molecule has 1 aliphatic carbocycles. The van der Waals surface area contributed by atoms with Gasteiger partial charge in [0.2, 0.25) is 0 Å². The summed E-state index contributed by atoms with van der Waals surface area (Å²) in [5.41, 5.74) is 12.6. The van der Waals surface area contributed by atoms with Crippen molar-refractivity contribution < 1.29 is 4.42 Å². The molecule has 0 atom stereocenters. The highest BCUT2D eigenvalue weighted by Crippen LogP contribution is 2.46. The maximum atomic E-state index is 6.50. The molecular formula is C44H31NO. The molecule has 7 aromatic carbocycles. The van der Waals surface area contributed by atoms with Crippen LogP contribution in [0.5, 0.6) is 0 Å². The first-order chi connectivity index (χ1) is 22.8. The molecule has 9 rings (SSSR count). The van der Waals surface area contributed by atoms with Gasteiger partial charge >= 0.3 is 0 Å². The van der Waals surface area contributed by atoms with Gasteiger partial charge < -0.3 is 9.32 Å². The van der Waals surface area contributed by atoms with Crippen LogP contribution in [0.25, 0.3) is 61.0 Å². The van der Waals surface area contributed by atoms with Crippen LogP contribution in [-0.2, 0) is 6.42 Å². The van der Waals surface area contributed by atoms with Gasteiger partial charge in [0.15, 0.2) is 0 Å². The molecule has 46 heavy (non-hydrogen) atoms. The fourth-order valence-electron chi connectivity index (χ4n) is 7.07. The fourth-order valence-corrected chi connectivity index (χ4v) is 7.07. The molecule has 218 valence electrons. The summed E-state index contributed by atoms with van der Waals surface area (Å²) < 4.78 is 6.50. The van der Waals surface area contributed by atoms with Crippen molar-refractivity contribution in [1.29, 1.82) is 0 Å². The molecule has 0 bridgehead atoms. The molecular weight excluding hydrogens is 558 g/mol. The Morgan fingerprint density at radius 1 is 0.522 bits per heavy atom. The molecule has 0 saturated heterocycles. The topological polar surface area (TPSA) is 16.4 Å². The van der Waals surface area contributed by atoms with Gasteiger partial charge in [-0.2, -0.15) is 0 Å². The van der Waals surface area contributed by atoms with Gasteiger partial charge in [0.1, 0.15) is 11.2 Å². The summed E-state index contributed by atoms with van der Waals surface area (Å²) in [4.78, 5) is 2.42. The highest BCUT2D eigenvalue weighted by Gasteiger charge is 2.21. The number of benzene rings is 7. The van der Waals surface area contributed by atoms with E-state index in [4.69, 9.17) is 4.42 Å². The minimum Gasteiger partial charge on any atom is -0.456 e. The number of anilines is 3. The zero-order valence-electron chi connectivity index (χ0n) is 25.4. The Morgan fingerprint density at radius 3 is 2.17 bits per heavy atom. The molecule has 1 aromatic heterocycles. The monoisotopic (exact) mass is 589 g/mol. The zero-order valence-corrected chi connectivity index (χ0v) is 25.4. The Balaban J connectivity index is 1.29. The second-order valence-corrected chi connectivity index (χ2v) is 12.1. The molecule has 2 heteroatoms. The molecule has 0 N–H and O–H groups in total. The molecule has 8 aromatic rings. The van der Waals surface area contributed by atoms with E-state index in [1.54, 1.807) is 0 Å². The summed E-state index contributed by atoms with van der Waals surface area (Å²) >= 11 is 0. The van der Waals surface area contributed by atoms with Gasteiger partial charge in [-0.25, -0.2) is 0 Å². The smallest absolute Gasteiger partial charge is 0.136 e. The Morgan fingerprint density at radius 2 is 1.26 bits per heavy atom. The molecule has 0 fully saturated rings. The first kappa shape index (κ1) is 26.5. The zero-order chi connectivity index (χ0) is 30.5. The van der Waals surface area contributed by atoms with Crippen molar-refractivity contribution >= 4 is 55.8 Å². The maximum absolute atomic E-state index is 6.50. The van der Waals surface area contributed by atoms with E-state index >= 15 is 0 Å². The third kappa shape index (κ3) is 4.50. The number of hydrogen-bond donors (Lipinski definition) is 0. The van der Waals surface area contributed by atoms with Crippen LogP contribution in [0.3, 0.4) is 0 Å². The van der Waals surface area contributed by atoms with E-state index in [2.05, 4.69) is 169 Å². The lowest BCUT2D eigenvalue weighted by Gasteiger charge is -2.29. The van der Waals surface area contributed by atoms with Gasteiger partial charge in [0.05, 0.1) is 5.69 Å². The van der Waals surface area contributed by atoms with Crippen molar-refractivity contribution in [2.45, 2.75) is 12.8 Å². The van der Waals surface area contributed by atoms with Crippen LogP contribution in [0.15, 0.2) is 162 Å². The molecule has 0 unspecified atom stereocenters. The van der Waals surface area contributed by atoms with E-state index in [0.29, 0.717) is 0 Å². The number of furan rings is 1. The maximum Gasteiger partial charge on any atom is 0.136 e. The standard InChI is InChI=1S/C44H31NO/c1-2-12-30(13-3-1)33-18-10-19-36(26-33)45(37-25-24-31-14-4-5-15-32(31)27-37)41-22-9-8-20-38(41)39-21-11-23-42-44(39)40-28-34-16-6-7-17-35(34)29-43(40)46-42/h1-3,5-13,15-29H,4,14H2. The minimum absolute atomic E-state index is 0.897. The van der Waals surface area contributed by atoms with Crippen molar-refractivity contribution in [3.63, 3.8) is 0 Å². The number of aryl methyl sites for hydroxylation is 1. The van der Waals surface area contributed by atoms with Crippen LogP contribution in [-0.4, -0.2) is 0 Å². The van der Waals surface area contributed by atoms with Crippen LogP contribution >= 0.6 is 0 Å². The predicted octanol–water partition coefficient (Wildman–Crippen LogP) is 12.5. The van der Waals surface area contributed by atoms with Gasteiger partial charge in [0, 0.05) is 27.7 Å². The molecule has 0 amide bonds. The van der Waals surface area contributed by atoms with Crippen molar-refractivity contribution in [2.24, 2.45) is 0 Å². The average Bonchev–Trinajstić information content (AvgIpc) is 3.49. The van der Waals surface area contributed by atoms with E-state index in [0.717, 1.165) is 63.0 Å². The van der Waals surface area contributed by atoms with Crippen LogP contribution in [0.4, 0.5) is 17.1 Å². The number of para-hydroxylation sites is 1. The lowest BCUT2D eigenvalue weighted by atomic mass is 9.94. The van der Waals surface area contributed by atoms with Crippen molar-refractivity contribution in [1.82, 2.24) is 0 Å². The van der Waals surface area contributed by atoms with Gasteiger partial charge in [0.25, 0.3) is 0 Å². The van der Waals surface area contributed by atoms with Crippen molar-refractivity contribution in [3.05, 3.63) is 169 Å². The van der Waals surface area contributed by atoms with Crippen LogP contribution in [0.1, 0.15) is 17.5 Å². The van der Waals surface area contributed by atoms with Gasteiger partial charge in [-0.3, -0.25) is 0 Å². The number of nitrogens with zero attached hydrogens (tertiary/aromatic N) is 1. The fraction of sp³-hybridized carbons (Fsp3) is 0.0455.